The van der Waals surface area contributed by atoms with Crippen LogP contribution >= 0.6 is 22.7 Å². The van der Waals surface area contributed by atoms with Crippen molar-refractivity contribution in [3.8, 4) is 44.5 Å². The molecule has 0 saturated carbocycles. The van der Waals surface area contributed by atoms with Crippen molar-refractivity contribution in [1.82, 2.24) is 0 Å². The molecule has 6 nitrogen and oxygen atoms in total. The van der Waals surface area contributed by atoms with Crippen molar-refractivity contribution in [3.63, 3.8) is 0 Å². The molecular weight excluding hydrogens is 1540 g/mol. The van der Waals surface area contributed by atoms with Gasteiger partial charge in [-0.3, -0.25) is 0 Å². The Morgan fingerprint density at radius 2 is 0.532 bits per heavy atom. The third-order valence-corrected chi connectivity index (χ3v) is 28.0. The molecule has 578 valence electrons. The number of para-hydroxylation sites is 8. The largest absolute Gasteiger partial charge is 0.311 e. The zero-order valence-electron chi connectivity index (χ0n) is 67.4. The maximum absolute atomic E-state index is 2.71. The highest BCUT2D eigenvalue weighted by atomic mass is 32.1. The second kappa shape index (κ2) is 29.2. The maximum atomic E-state index is 2.71. The summed E-state index contributed by atoms with van der Waals surface area (Å²) in [5.41, 5.74) is 35.7. The highest BCUT2D eigenvalue weighted by Crippen LogP contribution is 2.58. The molecule has 0 saturated heterocycles. The molecule has 0 bridgehead atoms. The Balaban J connectivity index is 0.839. The molecule has 2 aromatic heterocycles. The summed E-state index contributed by atoms with van der Waals surface area (Å²) in [5, 5.41) is 4.88. The Bertz CT molecular complexity index is 7630. The monoisotopic (exact) mass is 1610 g/mol. The lowest BCUT2D eigenvalue weighted by atomic mass is 9.30. The summed E-state index contributed by atoms with van der Waals surface area (Å²) in [6.45, 7) is -0.643. The number of anilines is 18. The first-order valence-electron chi connectivity index (χ1n) is 42.6. The van der Waals surface area contributed by atoms with Crippen molar-refractivity contribution in [2.24, 2.45) is 0 Å². The standard InChI is InChI=1S/C114H74B2N6S2/c1-9-37-75(38-10-1)85-55-33-56-86(76-39-11-2-12-40-76)113(85)121-96-62-30-28-60-92(96)116-94-73-93-99(74-100(94)120(98-64-36-68-108-110(98)90-54-26-32-66-106(90)124-108)102-69-83(70-103(121)112(102)116)117(79-45-17-5-18-46-79)80-47-19-6-20-48-80)119(82-51-23-8-24-52-82)101-71-84(118(81-49-21-7-22-50-81)97-63-35-67-107-109(97)89-53-25-31-65-105(89)123-107)72-104-111(101)115(93)91-59-27-29-61-95(91)122(104)114-87(77-41-13-3-14-42-77)57-34-58-88(114)78-43-15-4-16-44-78/h1-74H. The Hall–Kier alpha value is -15.5. The highest BCUT2D eigenvalue weighted by molar-refractivity contribution is 7.26. The Morgan fingerprint density at radius 1 is 0.202 bits per heavy atom. The zero-order valence-corrected chi connectivity index (χ0v) is 69.0. The normalized spacial score (nSPS) is 12.7. The summed E-state index contributed by atoms with van der Waals surface area (Å²) in [4.78, 5) is 15.7. The molecule has 4 aliphatic rings. The van der Waals surface area contributed by atoms with Gasteiger partial charge in [-0.2, -0.15) is 0 Å². The average Bonchev–Trinajstić information content (AvgIpc) is 0.733. The molecule has 0 spiro atoms. The summed E-state index contributed by atoms with van der Waals surface area (Å²) in [6, 6.07) is 169. The van der Waals surface area contributed by atoms with E-state index in [1.807, 2.05) is 22.7 Å². The van der Waals surface area contributed by atoms with Crippen LogP contribution in [0.3, 0.4) is 0 Å². The van der Waals surface area contributed by atoms with Crippen LogP contribution in [-0.2, 0) is 0 Å². The first kappa shape index (κ1) is 71.5. The first-order chi connectivity index (χ1) is 61.6. The lowest BCUT2D eigenvalue weighted by molar-refractivity contribution is 1.22. The lowest BCUT2D eigenvalue weighted by Gasteiger charge is -2.48. The van der Waals surface area contributed by atoms with Crippen molar-refractivity contribution < 1.29 is 0 Å². The van der Waals surface area contributed by atoms with Gasteiger partial charge in [0.25, 0.3) is 13.4 Å². The van der Waals surface area contributed by atoms with Crippen LogP contribution in [0.1, 0.15) is 0 Å². The third kappa shape index (κ3) is 11.3. The molecule has 10 heteroatoms. The summed E-state index contributed by atoms with van der Waals surface area (Å²) in [7, 11) is 0. The molecule has 0 N–H and O–H groups in total. The van der Waals surface area contributed by atoms with E-state index in [0.717, 1.165) is 147 Å². The predicted octanol–water partition coefficient (Wildman–Crippen LogP) is 28.2. The van der Waals surface area contributed by atoms with Gasteiger partial charge in [0.1, 0.15) is 0 Å². The first-order valence-corrected chi connectivity index (χ1v) is 44.2. The molecule has 0 unspecified atom stereocenters. The van der Waals surface area contributed by atoms with E-state index in [2.05, 4.69) is 478 Å². The molecule has 4 aliphatic heterocycles. The van der Waals surface area contributed by atoms with Crippen LogP contribution < -0.4 is 62.2 Å². The van der Waals surface area contributed by atoms with Gasteiger partial charge in [0, 0.05) is 131 Å². The second-order valence-corrected chi connectivity index (χ2v) is 34.6. The summed E-state index contributed by atoms with van der Waals surface area (Å²) in [5.74, 6) is 0. The van der Waals surface area contributed by atoms with E-state index in [4.69, 9.17) is 0 Å². The van der Waals surface area contributed by atoms with Gasteiger partial charge in [-0.05, 0) is 182 Å². The van der Waals surface area contributed by atoms with Crippen molar-refractivity contribution >= 4 is 212 Å². The van der Waals surface area contributed by atoms with Crippen molar-refractivity contribution in [3.05, 3.63) is 449 Å². The van der Waals surface area contributed by atoms with Crippen LogP contribution in [0.25, 0.3) is 84.9 Å². The molecule has 0 amide bonds. The molecular formula is C114H74B2N6S2. The van der Waals surface area contributed by atoms with Crippen LogP contribution in [0.5, 0.6) is 0 Å². The van der Waals surface area contributed by atoms with E-state index in [1.165, 1.54) is 73.1 Å². The van der Waals surface area contributed by atoms with Crippen LogP contribution in [-0.4, -0.2) is 13.4 Å². The van der Waals surface area contributed by atoms with Gasteiger partial charge in [0.05, 0.1) is 34.1 Å². The fourth-order valence-corrected chi connectivity index (χ4v) is 22.9. The van der Waals surface area contributed by atoms with Crippen LogP contribution in [0.2, 0.25) is 0 Å². The summed E-state index contributed by atoms with van der Waals surface area (Å²) >= 11 is 3.73. The number of hydrogen-bond donors (Lipinski definition) is 0. The topological polar surface area (TPSA) is 19.4 Å². The van der Waals surface area contributed by atoms with Crippen molar-refractivity contribution in [2.45, 2.75) is 0 Å². The number of hydrogen-bond acceptors (Lipinski definition) is 8. The minimum absolute atomic E-state index is 0.321. The molecule has 21 aromatic rings. The Kier molecular flexibility index (Phi) is 16.8. The van der Waals surface area contributed by atoms with E-state index in [1.54, 1.807) is 0 Å². The minimum Gasteiger partial charge on any atom is -0.311 e. The summed E-state index contributed by atoms with van der Waals surface area (Å²) in [6.07, 6.45) is 0. The van der Waals surface area contributed by atoms with E-state index >= 15 is 0 Å². The van der Waals surface area contributed by atoms with Crippen molar-refractivity contribution in [1.29, 1.82) is 0 Å². The maximum Gasteiger partial charge on any atom is 0.252 e. The number of nitrogens with zero attached hydrogens (tertiary/aromatic N) is 6. The quantitative estimate of drug-likeness (QED) is 0.100. The zero-order chi connectivity index (χ0) is 81.5. The molecule has 25 rings (SSSR count). The van der Waals surface area contributed by atoms with E-state index < -0.39 is 0 Å². The van der Waals surface area contributed by atoms with Gasteiger partial charge in [-0.25, -0.2) is 0 Å². The highest BCUT2D eigenvalue weighted by Gasteiger charge is 2.50. The van der Waals surface area contributed by atoms with Crippen LogP contribution in [0, 0.1) is 0 Å². The van der Waals surface area contributed by atoms with Gasteiger partial charge >= 0.3 is 0 Å². The fourth-order valence-electron chi connectivity index (χ4n) is 20.7. The third-order valence-electron chi connectivity index (χ3n) is 25.7. The van der Waals surface area contributed by atoms with Crippen LogP contribution in [0.4, 0.5) is 102 Å². The lowest BCUT2D eigenvalue weighted by Crippen LogP contribution is -2.65. The van der Waals surface area contributed by atoms with Crippen LogP contribution in [0.15, 0.2) is 449 Å². The van der Waals surface area contributed by atoms with Gasteiger partial charge in [0.2, 0.25) is 0 Å². The molecule has 0 aliphatic carbocycles. The van der Waals surface area contributed by atoms with E-state index in [-0.39, 0.29) is 13.4 Å². The van der Waals surface area contributed by atoms with Crippen molar-refractivity contribution in [2.75, 3.05) is 29.4 Å². The molecule has 0 fully saturated rings. The minimum atomic E-state index is -0.322. The van der Waals surface area contributed by atoms with Gasteiger partial charge in [0.15, 0.2) is 0 Å². The Labute approximate surface area is 729 Å². The smallest absolute Gasteiger partial charge is 0.252 e. The van der Waals surface area contributed by atoms with Gasteiger partial charge < -0.3 is 29.4 Å². The molecule has 6 heterocycles. The predicted molar refractivity (Wildman–Crippen MR) is 531 cm³/mol. The number of thiophene rings is 2. The average molecular weight is 1610 g/mol. The molecule has 124 heavy (non-hydrogen) atoms. The molecule has 0 radical (unpaired) electrons. The second-order valence-electron chi connectivity index (χ2n) is 32.5. The van der Waals surface area contributed by atoms with E-state index in [0.29, 0.717) is 0 Å². The Morgan fingerprint density at radius 3 is 1.00 bits per heavy atom. The number of benzene rings is 19. The molecule has 0 atom stereocenters. The molecule has 19 aromatic carbocycles. The fraction of sp³-hybridized carbons (Fsp3) is 0. The number of fused-ring (bicyclic) bond motifs is 14. The van der Waals surface area contributed by atoms with Gasteiger partial charge in [-0.1, -0.05) is 322 Å². The van der Waals surface area contributed by atoms with E-state index in [9.17, 15) is 0 Å². The van der Waals surface area contributed by atoms with Gasteiger partial charge in [-0.15, -0.1) is 22.7 Å². The SMILES string of the molecule is c1ccc(-c2cccc(-c3ccccc3)c2N2c3ccccc3B3c4cc5c(cc4N(c4ccccc4)c4cc(N(c6ccccc6)c6cccc7sc8ccccc8c67)cc2c43)N(c2cccc3sc4ccccc4c23)c2cc(N(c3ccccc3)c3ccccc3)cc3c2B5c2ccccc2N3c2c(-c3ccccc3)cccc2-c2ccccc2)cc1. The summed E-state index contributed by atoms with van der Waals surface area (Å²) < 4.78 is 4.95. The number of rotatable bonds is 14.